The van der Waals surface area contributed by atoms with Crippen molar-refractivity contribution in [1.29, 1.82) is 0 Å². The van der Waals surface area contributed by atoms with Crippen LogP contribution in [0.5, 0.6) is 0 Å². The van der Waals surface area contributed by atoms with Crippen LogP contribution in [0.15, 0.2) is 18.3 Å². The zero-order valence-electron chi connectivity index (χ0n) is 8.06. The molecular formula is C9H9F5N2. The molecule has 7 heteroatoms. The van der Waals surface area contributed by atoms with Crippen LogP contribution in [-0.2, 0) is 12.1 Å². The number of aromatic nitrogens is 1. The molecule has 0 fully saturated rings. The van der Waals surface area contributed by atoms with Crippen molar-refractivity contribution >= 4 is 0 Å². The lowest BCUT2D eigenvalue weighted by molar-refractivity contribution is -0.146. The van der Waals surface area contributed by atoms with Gasteiger partial charge < -0.3 is 5.73 Å². The summed E-state index contributed by atoms with van der Waals surface area (Å²) in [7, 11) is 0. The minimum absolute atomic E-state index is 0.404. The summed E-state index contributed by atoms with van der Waals surface area (Å²) >= 11 is 0. The predicted molar refractivity (Wildman–Crippen MR) is 46.8 cm³/mol. The quantitative estimate of drug-likeness (QED) is 0.824. The predicted octanol–water partition coefficient (Wildman–Crippen LogP) is 2.54. The molecule has 0 atom stereocenters. The summed E-state index contributed by atoms with van der Waals surface area (Å²) in [6, 6.07) is 1.75. The molecule has 0 unspecified atom stereocenters. The van der Waals surface area contributed by atoms with E-state index in [0.29, 0.717) is 6.07 Å². The lowest BCUT2D eigenvalue weighted by Gasteiger charge is -2.19. The Bertz CT molecular complexity index is 361. The number of halogens is 5. The summed E-state index contributed by atoms with van der Waals surface area (Å²) in [4.78, 5) is 2.95. The highest BCUT2D eigenvalue weighted by Gasteiger charge is 2.43. The van der Waals surface area contributed by atoms with E-state index in [4.69, 9.17) is 5.73 Å². The van der Waals surface area contributed by atoms with Gasteiger partial charge in [-0.25, -0.2) is 8.78 Å². The minimum atomic E-state index is -4.89. The first-order valence-electron chi connectivity index (χ1n) is 4.39. The molecule has 0 aliphatic rings. The van der Waals surface area contributed by atoms with Crippen LogP contribution in [0.1, 0.15) is 17.7 Å². The average Bonchev–Trinajstić information content (AvgIpc) is 2.16. The first-order chi connectivity index (χ1) is 7.29. The Morgan fingerprint density at radius 3 is 2.31 bits per heavy atom. The van der Waals surface area contributed by atoms with Gasteiger partial charge in [0.05, 0.1) is 5.56 Å². The fourth-order valence-electron chi connectivity index (χ4n) is 1.24. The normalized spacial score (nSPS) is 12.9. The van der Waals surface area contributed by atoms with Crippen LogP contribution < -0.4 is 5.73 Å². The smallest absolute Gasteiger partial charge is 0.330 e. The Morgan fingerprint density at radius 1 is 1.19 bits per heavy atom. The van der Waals surface area contributed by atoms with E-state index in [2.05, 4.69) is 4.98 Å². The summed E-state index contributed by atoms with van der Waals surface area (Å²) in [6.07, 6.45) is -4.92. The average molecular weight is 240 g/mol. The van der Waals surface area contributed by atoms with E-state index in [0.717, 1.165) is 12.3 Å². The maximum absolute atomic E-state index is 13.3. The number of hydrogen-bond donors (Lipinski definition) is 1. The van der Waals surface area contributed by atoms with Gasteiger partial charge in [-0.2, -0.15) is 13.2 Å². The van der Waals surface area contributed by atoms with Crippen LogP contribution in [0.25, 0.3) is 0 Å². The van der Waals surface area contributed by atoms with Crippen LogP contribution >= 0.6 is 0 Å². The summed E-state index contributed by atoms with van der Waals surface area (Å²) in [6.45, 7) is -0.404. The van der Waals surface area contributed by atoms with Crippen LogP contribution in [-0.4, -0.2) is 11.5 Å². The molecule has 2 nitrogen and oxygen atoms in total. The van der Waals surface area contributed by atoms with E-state index in [9.17, 15) is 22.0 Å². The Kier molecular flexibility index (Phi) is 3.47. The number of alkyl halides is 5. The molecule has 0 aliphatic carbocycles. The molecule has 0 saturated heterocycles. The van der Waals surface area contributed by atoms with Crippen LogP contribution in [0.3, 0.4) is 0 Å². The fourth-order valence-corrected chi connectivity index (χ4v) is 1.24. The van der Waals surface area contributed by atoms with Crippen molar-refractivity contribution in [3.63, 3.8) is 0 Å². The van der Waals surface area contributed by atoms with Gasteiger partial charge in [0.15, 0.2) is 5.69 Å². The van der Waals surface area contributed by atoms with Gasteiger partial charge in [0.1, 0.15) is 0 Å². The maximum atomic E-state index is 13.3. The first-order valence-corrected chi connectivity index (χ1v) is 4.39. The van der Waals surface area contributed by atoms with E-state index in [1.165, 1.54) is 0 Å². The lowest BCUT2D eigenvalue weighted by Crippen LogP contribution is -2.24. The SMILES string of the molecule is NCCC(F)(F)c1cccnc1C(F)(F)F. The third-order valence-electron chi connectivity index (χ3n) is 1.93. The van der Waals surface area contributed by atoms with E-state index in [1.807, 2.05) is 0 Å². The highest BCUT2D eigenvalue weighted by molar-refractivity contribution is 5.27. The van der Waals surface area contributed by atoms with Crippen molar-refractivity contribution in [1.82, 2.24) is 4.98 Å². The van der Waals surface area contributed by atoms with E-state index in [-0.39, 0.29) is 0 Å². The Labute approximate surface area is 88.3 Å². The molecular weight excluding hydrogens is 231 g/mol. The monoisotopic (exact) mass is 240 g/mol. The van der Waals surface area contributed by atoms with Crippen molar-refractivity contribution in [3.8, 4) is 0 Å². The fraction of sp³-hybridized carbons (Fsp3) is 0.444. The zero-order chi connectivity index (χ0) is 12.4. The number of nitrogens with two attached hydrogens (primary N) is 1. The summed E-state index contributed by atoms with van der Waals surface area (Å²) < 4.78 is 63.8. The summed E-state index contributed by atoms with van der Waals surface area (Å²) in [5.74, 6) is -3.62. The minimum Gasteiger partial charge on any atom is -0.330 e. The third kappa shape index (κ3) is 2.66. The molecule has 2 N–H and O–H groups in total. The molecule has 0 saturated carbocycles. The number of hydrogen-bond acceptors (Lipinski definition) is 2. The van der Waals surface area contributed by atoms with Gasteiger partial charge in [-0.15, -0.1) is 0 Å². The standard InChI is InChI=1S/C9H9F5N2/c10-8(11,3-4-15)6-2-1-5-16-7(6)9(12,13)14/h1-2,5H,3-4,15H2. The van der Waals surface area contributed by atoms with Crippen molar-refractivity contribution in [2.45, 2.75) is 18.5 Å². The molecule has 1 rings (SSSR count). The highest BCUT2D eigenvalue weighted by Crippen LogP contribution is 2.39. The molecule has 0 amide bonds. The summed E-state index contributed by atoms with van der Waals surface area (Å²) in [5, 5.41) is 0. The number of pyridine rings is 1. The molecule has 1 aromatic rings. The van der Waals surface area contributed by atoms with Crippen molar-refractivity contribution < 1.29 is 22.0 Å². The second-order valence-corrected chi connectivity index (χ2v) is 3.14. The Balaban J connectivity index is 3.23. The van der Waals surface area contributed by atoms with Gasteiger partial charge in [-0.05, 0) is 18.7 Å². The Morgan fingerprint density at radius 2 is 1.81 bits per heavy atom. The lowest BCUT2D eigenvalue weighted by atomic mass is 10.0. The van der Waals surface area contributed by atoms with Crippen molar-refractivity contribution in [3.05, 3.63) is 29.6 Å². The van der Waals surface area contributed by atoms with E-state index < -0.39 is 36.3 Å². The van der Waals surface area contributed by atoms with E-state index in [1.54, 1.807) is 0 Å². The molecule has 0 aliphatic heterocycles. The molecule has 90 valence electrons. The van der Waals surface area contributed by atoms with Gasteiger partial charge in [0.2, 0.25) is 0 Å². The molecule has 0 bridgehead atoms. The number of nitrogens with zero attached hydrogens (tertiary/aromatic N) is 1. The third-order valence-corrected chi connectivity index (χ3v) is 1.93. The molecule has 16 heavy (non-hydrogen) atoms. The zero-order valence-corrected chi connectivity index (χ0v) is 8.06. The van der Waals surface area contributed by atoms with Crippen molar-refractivity contribution in [2.75, 3.05) is 6.54 Å². The second-order valence-electron chi connectivity index (χ2n) is 3.14. The topological polar surface area (TPSA) is 38.9 Å². The molecule has 0 aromatic carbocycles. The first kappa shape index (κ1) is 12.8. The van der Waals surface area contributed by atoms with Crippen molar-refractivity contribution in [2.24, 2.45) is 5.73 Å². The van der Waals surface area contributed by atoms with Crippen LogP contribution in [0, 0.1) is 0 Å². The molecule has 1 heterocycles. The second kappa shape index (κ2) is 4.32. The molecule has 0 radical (unpaired) electrons. The number of rotatable bonds is 3. The largest absolute Gasteiger partial charge is 0.433 e. The Hall–Kier alpha value is -1.24. The van der Waals surface area contributed by atoms with Crippen LogP contribution in [0.4, 0.5) is 22.0 Å². The van der Waals surface area contributed by atoms with E-state index >= 15 is 0 Å². The molecule has 0 spiro atoms. The maximum Gasteiger partial charge on any atom is 0.433 e. The van der Waals surface area contributed by atoms with Gasteiger partial charge in [0, 0.05) is 12.6 Å². The summed E-state index contributed by atoms with van der Waals surface area (Å²) in [5.41, 5.74) is 2.24. The van der Waals surface area contributed by atoms with Gasteiger partial charge in [0.25, 0.3) is 5.92 Å². The highest BCUT2D eigenvalue weighted by atomic mass is 19.4. The van der Waals surface area contributed by atoms with Gasteiger partial charge >= 0.3 is 6.18 Å². The van der Waals surface area contributed by atoms with Gasteiger partial charge in [-0.1, -0.05) is 0 Å². The molecule has 1 aromatic heterocycles. The van der Waals surface area contributed by atoms with Crippen LogP contribution in [0.2, 0.25) is 0 Å². The van der Waals surface area contributed by atoms with Gasteiger partial charge in [-0.3, -0.25) is 4.98 Å².